The standard InChI is InChI=1S/C20H19N3O3/c21-10-19(15-3-1-14(2-4-15)12-26-13-24)20(25)23-18-6-5-17-11-22-8-7-16(17)9-18/h1-9,11,13,19H,10,12,21H2,(H,23,25)/t19-/m0/s1. The summed E-state index contributed by atoms with van der Waals surface area (Å²) in [7, 11) is 0. The fraction of sp³-hybridized carbons (Fsp3) is 0.150. The van der Waals surface area contributed by atoms with E-state index >= 15 is 0 Å². The van der Waals surface area contributed by atoms with Crippen LogP contribution in [0.15, 0.2) is 60.9 Å². The minimum absolute atomic E-state index is 0.169. The van der Waals surface area contributed by atoms with E-state index in [0.717, 1.165) is 21.9 Å². The number of carbonyl (C=O) groups excluding carboxylic acids is 2. The lowest BCUT2D eigenvalue weighted by Crippen LogP contribution is -2.27. The van der Waals surface area contributed by atoms with E-state index in [1.807, 2.05) is 48.5 Å². The second-order valence-electron chi connectivity index (χ2n) is 5.86. The number of carbonyl (C=O) groups is 2. The summed E-state index contributed by atoms with van der Waals surface area (Å²) in [5.74, 6) is -0.637. The summed E-state index contributed by atoms with van der Waals surface area (Å²) < 4.78 is 4.72. The van der Waals surface area contributed by atoms with Crippen molar-refractivity contribution in [3.8, 4) is 0 Å². The van der Waals surface area contributed by atoms with Crippen LogP contribution in [0.4, 0.5) is 5.69 Å². The van der Waals surface area contributed by atoms with Crippen molar-refractivity contribution in [3.05, 3.63) is 72.1 Å². The first-order chi connectivity index (χ1) is 12.7. The molecular weight excluding hydrogens is 330 g/mol. The Bertz CT molecular complexity index is 910. The normalized spacial score (nSPS) is 11.7. The monoisotopic (exact) mass is 349 g/mol. The van der Waals surface area contributed by atoms with Crippen molar-refractivity contribution in [3.63, 3.8) is 0 Å². The quantitative estimate of drug-likeness (QED) is 0.639. The van der Waals surface area contributed by atoms with Crippen LogP contribution in [0.5, 0.6) is 0 Å². The highest BCUT2D eigenvalue weighted by atomic mass is 16.5. The summed E-state index contributed by atoms with van der Waals surface area (Å²) in [6.07, 6.45) is 3.49. The number of ether oxygens (including phenoxy) is 1. The molecule has 6 nitrogen and oxygen atoms in total. The molecule has 0 saturated carbocycles. The molecule has 0 spiro atoms. The van der Waals surface area contributed by atoms with Gasteiger partial charge >= 0.3 is 0 Å². The Morgan fingerprint density at radius 2 is 1.96 bits per heavy atom. The van der Waals surface area contributed by atoms with Gasteiger partial charge in [0.05, 0.1) is 5.92 Å². The molecule has 3 aromatic rings. The molecule has 26 heavy (non-hydrogen) atoms. The molecule has 0 unspecified atom stereocenters. The van der Waals surface area contributed by atoms with Gasteiger partial charge in [-0.1, -0.05) is 30.3 Å². The molecule has 1 atom stereocenters. The molecule has 1 amide bonds. The molecule has 0 saturated heterocycles. The minimum atomic E-state index is -0.468. The van der Waals surface area contributed by atoms with Gasteiger partial charge in [0.2, 0.25) is 5.91 Å². The number of amides is 1. The Morgan fingerprint density at radius 3 is 2.69 bits per heavy atom. The van der Waals surface area contributed by atoms with E-state index < -0.39 is 5.92 Å². The van der Waals surface area contributed by atoms with Gasteiger partial charge in [-0.25, -0.2) is 0 Å². The molecule has 1 heterocycles. The number of nitrogens with one attached hydrogen (secondary N) is 1. The summed E-state index contributed by atoms with van der Waals surface area (Å²) in [6, 6.07) is 14.8. The molecule has 132 valence electrons. The highest BCUT2D eigenvalue weighted by Crippen LogP contribution is 2.21. The van der Waals surface area contributed by atoms with Crippen molar-refractivity contribution in [2.24, 2.45) is 5.73 Å². The van der Waals surface area contributed by atoms with Gasteiger partial charge in [-0.15, -0.1) is 0 Å². The van der Waals surface area contributed by atoms with Crippen LogP contribution in [0, 0.1) is 0 Å². The van der Waals surface area contributed by atoms with E-state index in [4.69, 9.17) is 10.5 Å². The average molecular weight is 349 g/mol. The Morgan fingerprint density at radius 1 is 1.15 bits per heavy atom. The lowest BCUT2D eigenvalue weighted by Gasteiger charge is -2.16. The van der Waals surface area contributed by atoms with Crippen LogP contribution in [-0.2, 0) is 20.9 Å². The van der Waals surface area contributed by atoms with Crippen LogP contribution in [0.3, 0.4) is 0 Å². The topological polar surface area (TPSA) is 94.3 Å². The summed E-state index contributed by atoms with van der Waals surface area (Å²) in [5, 5.41) is 4.93. The van der Waals surface area contributed by atoms with Crippen molar-refractivity contribution in [1.29, 1.82) is 0 Å². The van der Waals surface area contributed by atoms with Crippen LogP contribution < -0.4 is 11.1 Å². The minimum Gasteiger partial charge on any atom is -0.463 e. The van der Waals surface area contributed by atoms with Gasteiger partial charge in [0.15, 0.2) is 0 Å². The zero-order chi connectivity index (χ0) is 18.4. The highest BCUT2D eigenvalue weighted by Gasteiger charge is 2.19. The maximum atomic E-state index is 12.7. The Hall–Kier alpha value is -3.25. The summed E-state index contributed by atoms with van der Waals surface area (Å²) in [6.45, 7) is 0.798. The molecule has 0 radical (unpaired) electrons. The molecule has 6 heteroatoms. The fourth-order valence-electron chi connectivity index (χ4n) is 2.76. The number of nitrogens with zero attached hydrogens (tertiary/aromatic N) is 1. The van der Waals surface area contributed by atoms with Crippen molar-refractivity contribution in [2.45, 2.75) is 12.5 Å². The van der Waals surface area contributed by atoms with Crippen LogP contribution >= 0.6 is 0 Å². The number of fused-ring (bicyclic) bond motifs is 1. The van der Waals surface area contributed by atoms with Gasteiger partial charge in [-0.05, 0) is 34.7 Å². The van der Waals surface area contributed by atoms with Crippen molar-refractivity contribution in [1.82, 2.24) is 4.98 Å². The molecule has 0 aliphatic carbocycles. The third-order valence-electron chi connectivity index (χ3n) is 4.16. The van der Waals surface area contributed by atoms with Gasteiger partial charge in [0.1, 0.15) is 6.61 Å². The zero-order valence-electron chi connectivity index (χ0n) is 14.1. The molecule has 0 aliphatic rings. The van der Waals surface area contributed by atoms with Crippen LogP contribution in [0.2, 0.25) is 0 Å². The average Bonchev–Trinajstić information content (AvgIpc) is 2.68. The van der Waals surface area contributed by atoms with Crippen molar-refractivity contribution >= 4 is 28.8 Å². The van der Waals surface area contributed by atoms with Gasteiger partial charge in [-0.3, -0.25) is 14.6 Å². The highest BCUT2D eigenvalue weighted by molar-refractivity contribution is 5.98. The number of aromatic nitrogens is 1. The number of anilines is 1. The molecule has 0 bridgehead atoms. The maximum Gasteiger partial charge on any atom is 0.293 e. The predicted octanol–water partition coefficient (Wildman–Crippen LogP) is 2.59. The van der Waals surface area contributed by atoms with E-state index in [9.17, 15) is 9.59 Å². The van der Waals surface area contributed by atoms with Gasteiger partial charge in [0, 0.05) is 30.0 Å². The number of hydrogen-bond acceptors (Lipinski definition) is 5. The number of rotatable bonds is 7. The van der Waals surface area contributed by atoms with E-state index in [1.54, 1.807) is 12.4 Å². The van der Waals surface area contributed by atoms with E-state index in [0.29, 0.717) is 12.2 Å². The first-order valence-electron chi connectivity index (χ1n) is 8.20. The van der Waals surface area contributed by atoms with Gasteiger partial charge < -0.3 is 15.8 Å². The largest absolute Gasteiger partial charge is 0.463 e. The lowest BCUT2D eigenvalue weighted by molar-refractivity contribution is -0.129. The number of benzene rings is 2. The number of hydrogen-bond donors (Lipinski definition) is 2. The predicted molar refractivity (Wildman–Crippen MR) is 99.5 cm³/mol. The van der Waals surface area contributed by atoms with Crippen molar-refractivity contribution in [2.75, 3.05) is 11.9 Å². The molecule has 3 rings (SSSR count). The second-order valence-corrected chi connectivity index (χ2v) is 5.86. The number of pyridine rings is 1. The van der Waals surface area contributed by atoms with Crippen LogP contribution in [-0.4, -0.2) is 23.9 Å². The fourth-order valence-corrected chi connectivity index (χ4v) is 2.76. The molecule has 0 fully saturated rings. The van der Waals surface area contributed by atoms with Gasteiger partial charge in [-0.2, -0.15) is 0 Å². The Balaban J connectivity index is 1.74. The molecule has 2 aromatic carbocycles. The van der Waals surface area contributed by atoms with E-state index in [2.05, 4.69) is 10.3 Å². The zero-order valence-corrected chi connectivity index (χ0v) is 14.1. The van der Waals surface area contributed by atoms with Gasteiger partial charge in [0.25, 0.3) is 6.47 Å². The Labute approximate surface area is 151 Å². The van der Waals surface area contributed by atoms with Crippen molar-refractivity contribution < 1.29 is 14.3 Å². The third kappa shape index (κ3) is 4.04. The third-order valence-corrected chi connectivity index (χ3v) is 4.16. The Kier molecular flexibility index (Phi) is 5.56. The smallest absolute Gasteiger partial charge is 0.293 e. The van der Waals surface area contributed by atoms with Crippen LogP contribution in [0.25, 0.3) is 10.8 Å². The van der Waals surface area contributed by atoms with E-state index in [1.165, 1.54) is 0 Å². The first-order valence-corrected chi connectivity index (χ1v) is 8.20. The first kappa shape index (κ1) is 17.6. The molecule has 3 N–H and O–H groups in total. The number of nitrogens with two attached hydrogens (primary N) is 1. The summed E-state index contributed by atoms with van der Waals surface area (Å²) >= 11 is 0. The maximum absolute atomic E-state index is 12.7. The second kappa shape index (κ2) is 8.22. The lowest BCUT2D eigenvalue weighted by atomic mass is 9.97. The van der Waals surface area contributed by atoms with E-state index in [-0.39, 0.29) is 19.1 Å². The van der Waals surface area contributed by atoms with Crippen LogP contribution in [0.1, 0.15) is 17.0 Å². The molecule has 0 aliphatic heterocycles. The summed E-state index contributed by atoms with van der Waals surface area (Å²) in [4.78, 5) is 27.0. The summed E-state index contributed by atoms with van der Waals surface area (Å²) in [5.41, 5.74) is 8.20. The molecular formula is C20H19N3O3. The SMILES string of the molecule is NC[C@H](C(=O)Nc1ccc2cnccc2c1)c1ccc(COC=O)cc1. The molecule has 1 aromatic heterocycles.